The van der Waals surface area contributed by atoms with Gasteiger partial charge in [0.1, 0.15) is 0 Å². The van der Waals surface area contributed by atoms with Crippen LogP contribution in [0.15, 0.2) is 0 Å². The molecule has 0 aromatic carbocycles. The topological polar surface area (TPSA) is 38.0 Å². The Morgan fingerprint density at radius 3 is 2.35 bits per heavy atom. The molecule has 2 nitrogen and oxygen atoms in total. The summed E-state index contributed by atoms with van der Waals surface area (Å²) in [5.74, 6) is 0.611. The third-order valence-corrected chi connectivity index (χ3v) is 2.97. The average Bonchev–Trinajstić information content (AvgIpc) is 2.20. The van der Waals surface area contributed by atoms with Gasteiger partial charge in [-0.3, -0.25) is 0 Å². The lowest BCUT2D eigenvalue weighted by Gasteiger charge is -2.17. The van der Waals surface area contributed by atoms with E-state index in [-0.39, 0.29) is 0 Å². The number of rotatable bonds is 9. The minimum Gasteiger partial charge on any atom is -0.330 e. The van der Waals surface area contributed by atoms with Crippen molar-refractivity contribution in [2.24, 2.45) is 11.7 Å². The van der Waals surface area contributed by atoms with Crippen LogP contribution < -0.4 is 11.1 Å². The first kappa shape index (κ1) is 16.7. The zero-order valence-corrected chi connectivity index (χ0v) is 10.8. The molecule has 2 unspecified atom stereocenters. The molecule has 0 radical (unpaired) electrons. The largest absolute Gasteiger partial charge is 0.390 e. The molecule has 104 valence electrons. The van der Waals surface area contributed by atoms with Gasteiger partial charge in [0.15, 0.2) is 0 Å². The van der Waals surface area contributed by atoms with Crippen LogP contribution in [-0.2, 0) is 0 Å². The molecule has 0 aromatic heterocycles. The molecule has 5 heteroatoms. The summed E-state index contributed by atoms with van der Waals surface area (Å²) in [5, 5.41) is 2.91. The number of alkyl halides is 3. The number of halogens is 3. The molecule has 0 saturated heterocycles. The monoisotopic (exact) mass is 254 g/mol. The van der Waals surface area contributed by atoms with Crippen molar-refractivity contribution in [1.82, 2.24) is 5.32 Å². The number of hydrogen-bond acceptors (Lipinski definition) is 2. The van der Waals surface area contributed by atoms with Crippen LogP contribution in [0.3, 0.4) is 0 Å². The molecule has 0 amide bonds. The molecule has 0 heterocycles. The van der Waals surface area contributed by atoms with E-state index >= 15 is 0 Å². The molecule has 0 bridgehead atoms. The van der Waals surface area contributed by atoms with Crippen molar-refractivity contribution in [2.75, 3.05) is 13.1 Å². The second-order valence-electron chi connectivity index (χ2n) is 4.67. The Morgan fingerprint density at radius 1 is 1.24 bits per heavy atom. The van der Waals surface area contributed by atoms with Crippen LogP contribution in [-0.4, -0.2) is 25.3 Å². The van der Waals surface area contributed by atoms with Gasteiger partial charge >= 0.3 is 6.18 Å². The lowest BCUT2D eigenvalue weighted by atomic mass is 9.97. The van der Waals surface area contributed by atoms with E-state index in [1.807, 2.05) is 0 Å². The maximum atomic E-state index is 12.0. The van der Waals surface area contributed by atoms with Gasteiger partial charge < -0.3 is 11.1 Å². The van der Waals surface area contributed by atoms with E-state index in [1.165, 1.54) is 0 Å². The molecule has 0 aliphatic heterocycles. The van der Waals surface area contributed by atoms with E-state index in [0.717, 1.165) is 25.7 Å². The van der Waals surface area contributed by atoms with Crippen molar-refractivity contribution in [1.29, 1.82) is 0 Å². The zero-order chi connectivity index (χ0) is 13.3. The summed E-state index contributed by atoms with van der Waals surface area (Å²) in [6.07, 6.45) is -0.769. The summed E-state index contributed by atoms with van der Waals surface area (Å²) in [5.41, 5.74) is 5.49. The zero-order valence-electron chi connectivity index (χ0n) is 10.8. The van der Waals surface area contributed by atoms with Crippen molar-refractivity contribution in [3.63, 3.8) is 0 Å². The molecule has 2 atom stereocenters. The Balaban J connectivity index is 3.56. The van der Waals surface area contributed by atoms with Gasteiger partial charge in [0.05, 0.1) is 6.42 Å². The Hall–Kier alpha value is -0.290. The minimum absolute atomic E-state index is 0.496. The molecule has 17 heavy (non-hydrogen) atoms. The normalized spacial score (nSPS) is 15.9. The maximum Gasteiger partial charge on any atom is 0.390 e. The van der Waals surface area contributed by atoms with E-state index in [2.05, 4.69) is 12.2 Å². The van der Waals surface area contributed by atoms with Crippen molar-refractivity contribution >= 4 is 0 Å². The van der Waals surface area contributed by atoms with Gasteiger partial charge in [-0.2, -0.15) is 13.2 Å². The highest BCUT2D eigenvalue weighted by molar-refractivity contribution is 4.66. The van der Waals surface area contributed by atoms with Crippen LogP contribution in [0.1, 0.15) is 46.0 Å². The van der Waals surface area contributed by atoms with E-state index in [1.54, 1.807) is 6.92 Å². The van der Waals surface area contributed by atoms with Crippen LogP contribution in [0.4, 0.5) is 13.2 Å². The Labute approximate surface area is 102 Å². The fourth-order valence-electron chi connectivity index (χ4n) is 1.95. The highest BCUT2D eigenvalue weighted by Crippen LogP contribution is 2.21. The lowest BCUT2D eigenvalue weighted by Crippen LogP contribution is -2.32. The Bertz CT molecular complexity index is 183. The van der Waals surface area contributed by atoms with Gasteiger partial charge in [0.2, 0.25) is 0 Å². The molecule has 0 spiro atoms. The van der Waals surface area contributed by atoms with Crippen LogP contribution >= 0.6 is 0 Å². The summed E-state index contributed by atoms with van der Waals surface area (Å²) >= 11 is 0. The fourth-order valence-corrected chi connectivity index (χ4v) is 1.95. The Kier molecular flexibility index (Phi) is 8.60. The van der Waals surface area contributed by atoms with E-state index in [0.29, 0.717) is 19.0 Å². The molecule has 0 aliphatic carbocycles. The molecule has 0 saturated carbocycles. The van der Waals surface area contributed by atoms with E-state index in [4.69, 9.17) is 5.73 Å². The minimum atomic E-state index is -4.07. The highest BCUT2D eigenvalue weighted by Gasteiger charge is 2.29. The quantitative estimate of drug-likeness (QED) is 0.621. The third kappa shape index (κ3) is 10.6. The van der Waals surface area contributed by atoms with Gasteiger partial charge in [-0.15, -0.1) is 0 Å². The molecule has 0 aliphatic rings. The van der Waals surface area contributed by atoms with Crippen molar-refractivity contribution in [3.05, 3.63) is 0 Å². The molecule has 3 N–H and O–H groups in total. The molecule has 0 rings (SSSR count). The highest BCUT2D eigenvalue weighted by atomic mass is 19.4. The van der Waals surface area contributed by atoms with E-state index in [9.17, 15) is 13.2 Å². The summed E-state index contributed by atoms with van der Waals surface area (Å²) in [7, 11) is 0. The number of nitrogens with two attached hydrogens (primary N) is 1. The maximum absolute atomic E-state index is 12.0. The number of nitrogens with one attached hydrogen (secondary N) is 1. The predicted molar refractivity (Wildman–Crippen MR) is 64.8 cm³/mol. The first-order valence-corrected chi connectivity index (χ1v) is 6.39. The second-order valence-corrected chi connectivity index (χ2v) is 4.67. The van der Waals surface area contributed by atoms with Crippen LogP contribution in [0.25, 0.3) is 0 Å². The van der Waals surface area contributed by atoms with Crippen molar-refractivity contribution < 1.29 is 13.2 Å². The smallest absolute Gasteiger partial charge is 0.330 e. The first-order chi connectivity index (χ1) is 7.89. The third-order valence-electron chi connectivity index (χ3n) is 2.97. The molecule has 0 aromatic rings. The van der Waals surface area contributed by atoms with Crippen molar-refractivity contribution in [3.8, 4) is 0 Å². The van der Waals surface area contributed by atoms with Gasteiger partial charge in [0, 0.05) is 6.04 Å². The van der Waals surface area contributed by atoms with Crippen LogP contribution in [0.2, 0.25) is 0 Å². The second kappa shape index (κ2) is 8.75. The summed E-state index contributed by atoms with van der Waals surface area (Å²) in [4.78, 5) is 0. The molecular formula is C12H25F3N2. The van der Waals surface area contributed by atoms with Gasteiger partial charge in [0.25, 0.3) is 0 Å². The van der Waals surface area contributed by atoms with E-state index < -0.39 is 18.6 Å². The van der Waals surface area contributed by atoms with Crippen molar-refractivity contribution in [2.45, 2.75) is 58.2 Å². The average molecular weight is 254 g/mol. The van der Waals surface area contributed by atoms with Gasteiger partial charge in [-0.1, -0.05) is 13.3 Å². The fraction of sp³-hybridized carbons (Fsp3) is 1.00. The number of hydrogen-bond donors (Lipinski definition) is 2. The molecular weight excluding hydrogens is 229 g/mol. The summed E-state index contributed by atoms with van der Waals surface area (Å²) < 4.78 is 36.1. The standard InChI is InChI=1S/C12H25F3N2/c1-3-11(6-7-16)5-4-8-17-10(2)9-12(13,14)15/h10-11,17H,3-9,16H2,1-2H3. The Morgan fingerprint density at radius 2 is 1.88 bits per heavy atom. The van der Waals surface area contributed by atoms with Gasteiger partial charge in [-0.05, 0) is 45.2 Å². The summed E-state index contributed by atoms with van der Waals surface area (Å²) in [6.45, 7) is 5.04. The predicted octanol–water partition coefficient (Wildman–Crippen LogP) is 3.07. The first-order valence-electron chi connectivity index (χ1n) is 6.39. The lowest BCUT2D eigenvalue weighted by molar-refractivity contribution is -0.139. The van der Waals surface area contributed by atoms with Crippen LogP contribution in [0, 0.1) is 5.92 Å². The molecule has 0 fully saturated rings. The summed E-state index contributed by atoms with van der Waals surface area (Å²) in [6, 6.07) is -0.496. The van der Waals surface area contributed by atoms with Gasteiger partial charge in [-0.25, -0.2) is 0 Å². The SMILES string of the molecule is CCC(CCN)CCCNC(C)CC(F)(F)F. The van der Waals surface area contributed by atoms with Crippen LogP contribution in [0.5, 0.6) is 0 Å².